The van der Waals surface area contributed by atoms with Gasteiger partial charge in [0.15, 0.2) is 0 Å². The summed E-state index contributed by atoms with van der Waals surface area (Å²) >= 11 is 0. The van der Waals surface area contributed by atoms with Crippen molar-refractivity contribution in [2.75, 3.05) is 6.61 Å². The van der Waals surface area contributed by atoms with Gasteiger partial charge in [-0.25, -0.2) is 0 Å². The minimum absolute atomic E-state index is 0.146. The van der Waals surface area contributed by atoms with Crippen LogP contribution in [0.25, 0.3) is 0 Å². The van der Waals surface area contributed by atoms with Gasteiger partial charge in [-0.1, -0.05) is 20.8 Å². The van der Waals surface area contributed by atoms with Crippen molar-refractivity contribution in [1.29, 1.82) is 0 Å². The van der Waals surface area contributed by atoms with Gasteiger partial charge in [0.1, 0.15) is 0 Å². The Morgan fingerprint density at radius 1 is 1.06 bits per heavy atom. The second kappa shape index (κ2) is 3.75. The van der Waals surface area contributed by atoms with Crippen molar-refractivity contribution in [2.24, 2.45) is 28.6 Å². The highest BCUT2D eigenvalue weighted by Crippen LogP contribution is 2.73. The Kier molecular flexibility index (Phi) is 2.70. The molecule has 0 amide bonds. The molecule has 18 heavy (non-hydrogen) atoms. The molecule has 0 N–H and O–H groups in total. The van der Waals surface area contributed by atoms with Gasteiger partial charge in [-0.05, 0) is 74.5 Å². The third kappa shape index (κ3) is 1.38. The monoisotopic (exact) mass is 250 g/mol. The maximum absolute atomic E-state index is 6.23. The van der Waals surface area contributed by atoms with Crippen LogP contribution in [0.2, 0.25) is 0 Å². The fraction of sp³-hybridized carbons (Fsp3) is 1.00. The van der Waals surface area contributed by atoms with Crippen LogP contribution in [0.15, 0.2) is 0 Å². The maximum Gasteiger partial charge on any atom is 0.0688 e. The first kappa shape index (κ1) is 13.0. The maximum atomic E-state index is 6.23. The third-order valence-corrected chi connectivity index (χ3v) is 7.24. The van der Waals surface area contributed by atoms with Gasteiger partial charge in [0.05, 0.1) is 5.60 Å². The summed E-state index contributed by atoms with van der Waals surface area (Å²) in [7, 11) is 0. The summed E-state index contributed by atoms with van der Waals surface area (Å²) in [5.74, 6) is 2.66. The van der Waals surface area contributed by atoms with Crippen LogP contribution in [-0.4, -0.2) is 12.2 Å². The van der Waals surface area contributed by atoms with Gasteiger partial charge < -0.3 is 4.74 Å². The molecule has 3 aliphatic rings. The van der Waals surface area contributed by atoms with E-state index in [0.717, 1.165) is 24.4 Å². The second-order valence-electron chi connectivity index (χ2n) is 8.09. The van der Waals surface area contributed by atoms with Gasteiger partial charge in [0, 0.05) is 6.61 Å². The summed E-state index contributed by atoms with van der Waals surface area (Å²) < 4.78 is 6.23. The van der Waals surface area contributed by atoms with Gasteiger partial charge >= 0.3 is 0 Å². The minimum Gasteiger partial charge on any atom is -0.375 e. The van der Waals surface area contributed by atoms with Crippen molar-refractivity contribution in [1.82, 2.24) is 0 Å². The van der Waals surface area contributed by atoms with E-state index in [1.54, 1.807) is 0 Å². The van der Waals surface area contributed by atoms with E-state index < -0.39 is 0 Å². The van der Waals surface area contributed by atoms with Crippen LogP contribution >= 0.6 is 0 Å². The van der Waals surface area contributed by atoms with Crippen molar-refractivity contribution < 1.29 is 4.74 Å². The Hall–Kier alpha value is -0.0400. The molecule has 0 aromatic rings. The molecule has 0 radical (unpaired) electrons. The molecular weight excluding hydrogens is 220 g/mol. The molecule has 3 aliphatic carbocycles. The predicted octanol–water partition coefficient (Wildman–Crippen LogP) is 4.65. The summed E-state index contributed by atoms with van der Waals surface area (Å²) in [6.45, 7) is 13.0. The molecule has 1 nitrogen and oxygen atoms in total. The highest BCUT2D eigenvalue weighted by atomic mass is 16.5. The van der Waals surface area contributed by atoms with Crippen LogP contribution in [0.4, 0.5) is 0 Å². The molecule has 0 saturated heterocycles. The van der Waals surface area contributed by atoms with Gasteiger partial charge in [-0.2, -0.15) is 0 Å². The summed E-state index contributed by atoms with van der Waals surface area (Å²) in [5.41, 5.74) is 1.30. The molecule has 104 valence electrons. The Labute approximate surface area is 113 Å². The first-order chi connectivity index (χ1) is 8.37. The van der Waals surface area contributed by atoms with Crippen molar-refractivity contribution in [2.45, 2.75) is 72.3 Å². The molecule has 0 aromatic heterocycles. The number of hydrogen-bond acceptors (Lipinski definition) is 1. The SMILES string of the molecule is CCOC1(C)CCC23CC1C(C)(C)C2CCC3C. The molecule has 0 heterocycles. The molecule has 3 rings (SSSR count). The first-order valence-corrected chi connectivity index (χ1v) is 8.01. The predicted molar refractivity (Wildman–Crippen MR) is 75.5 cm³/mol. The van der Waals surface area contributed by atoms with Crippen LogP contribution in [0, 0.1) is 28.6 Å². The second-order valence-corrected chi connectivity index (χ2v) is 8.09. The molecule has 5 atom stereocenters. The molecule has 2 bridgehead atoms. The number of fused-ring (bicyclic) bond motifs is 1. The summed E-state index contributed by atoms with van der Waals surface area (Å²) in [6, 6.07) is 0. The van der Waals surface area contributed by atoms with E-state index in [9.17, 15) is 0 Å². The topological polar surface area (TPSA) is 9.23 Å². The highest BCUT2D eigenvalue weighted by molar-refractivity contribution is 5.17. The van der Waals surface area contributed by atoms with E-state index in [2.05, 4.69) is 34.6 Å². The molecule has 1 spiro atoms. The lowest BCUT2D eigenvalue weighted by Crippen LogP contribution is -2.46. The number of hydrogen-bond donors (Lipinski definition) is 0. The minimum atomic E-state index is 0.146. The van der Waals surface area contributed by atoms with Crippen LogP contribution < -0.4 is 0 Å². The zero-order valence-electron chi connectivity index (χ0n) is 12.9. The number of rotatable bonds is 2. The first-order valence-electron chi connectivity index (χ1n) is 8.01. The lowest BCUT2D eigenvalue weighted by molar-refractivity contribution is -0.119. The smallest absolute Gasteiger partial charge is 0.0688 e. The summed E-state index contributed by atoms with van der Waals surface area (Å²) in [4.78, 5) is 0. The average molecular weight is 250 g/mol. The van der Waals surface area contributed by atoms with Gasteiger partial charge in [-0.15, -0.1) is 0 Å². The largest absolute Gasteiger partial charge is 0.375 e. The van der Waals surface area contributed by atoms with Gasteiger partial charge in [-0.3, -0.25) is 0 Å². The standard InChI is InChI=1S/C17H30O/c1-6-18-16(5)9-10-17-11-14(16)15(3,4)13(17)8-7-12(17)2/h12-14H,6-11H2,1-5H3. The van der Waals surface area contributed by atoms with E-state index in [0.29, 0.717) is 10.8 Å². The fourth-order valence-electron chi connectivity index (χ4n) is 6.36. The van der Waals surface area contributed by atoms with E-state index >= 15 is 0 Å². The van der Waals surface area contributed by atoms with E-state index in [4.69, 9.17) is 4.74 Å². The van der Waals surface area contributed by atoms with E-state index in [1.165, 1.54) is 32.1 Å². The van der Waals surface area contributed by atoms with Gasteiger partial charge in [0.2, 0.25) is 0 Å². The Morgan fingerprint density at radius 3 is 2.44 bits per heavy atom. The van der Waals surface area contributed by atoms with Crippen LogP contribution in [0.1, 0.15) is 66.7 Å². The summed E-state index contributed by atoms with van der Waals surface area (Å²) in [6.07, 6.45) is 7.06. The molecule has 3 fully saturated rings. The van der Waals surface area contributed by atoms with Gasteiger partial charge in [0.25, 0.3) is 0 Å². The Bertz CT molecular complexity index is 348. The zero-order valence-corrected chi connectivity index (χ0v) is 12.9. The fourth-order valence-corrected chi connectivity index (χ4v) is 6.36. The van der Waals surface area contributed by atoms with E-state index in [1.807, 2.05) is 0 Å². The summed E-state index contributed by atoms with van der Waals surface area (Å²) in [5, 5.41) is 0. The number of ether oxygens (including phenoxy) is 1. The van der Waals surface area contributed by atoms with Crippen molar-refractivity contribution >= 4 is 0 Å². The van der Waals surface area contributed by atoms with Crippen LogP contribution in [-0.2, 0) is 4.74 Å². The van der Waals surface area contributed by atoms with Crippen LogP contribution in [0.3, 0.4) is 0 Å². The molecule has 1 heteroatoms. The molecule has 3 saturated carbocycles. The molecule has 0 aliphatic heterocycles. The normalized spacial score (nSPS) is 53.5. The molecule has 5 unspecified atom stereocenters. The average Bonchev–Trinajstić information content (AvgIpc) is 2.71. The third-order valence-electron chi connectivity index (χ3n) is 7.24. The van der Waals surface area contributed by atoms with Crippen molar-refractivity contribution in [3.8, 4) is 0 Å². The highest BCUT2D eigenvalue weighted by Gasteiger charge is 2.68. The lowest BCUT2D eigenvalue weighted by Gasteiger charge is -2.47. The Balaban J connectivity index is 1.99. The van der Waals surface area contributed by atoms with E-state index in [-0.39, 0.29) is 5.60 Å². The van der Waals surface area contributed by atoms with Crippen LogP contribution in [0.5, 0.6) is 0 Å². The lowest BCUT2D eigenvalue weighted by atomic mass is 9.64. The van der Waals surface area contributed by atoms with Crippen molar-refractivity contribution in [3.63, 3.8) is 0 Å². The molecular formula is C17H30O. The van der Waals surface area contributed by atoms with Crippen molar-refractivity contribution in [3.05, 3.63) is 0 Å². The quantitative estimate of drug-likeness (QED) is 0.693. The molecule has 0 aromatic carbocycles. The zero-order chi connectivity index (χ0) is 13.2. The Morgan fingerprint density at radius 2 is 1.78 bits per heavy atom.